The topological polar surface area (TPSA) is 80.9 Å². The van der Waals surface area contributed by atoms with Crippen molar-refractivity contribution in [2.75, 3.05) is 0 Å². The number of pyridine rings is 1. The van der Waals surface area contributed by atoms with Gasteiger partial charge in [-0.15, -0.1) is 5.10 Å². The zero-order valence-electron chi connectivity index (χ0n) is 11.6. The minimum atomic E-state index is -1.28. The minimum Gasteiger partial charge on any atom is -0.476 e. The molecule has 23 heavy (non-hydrogen) atoms. The molecule has 3 rings (SSSR count). The van der Waals surface area contributed by atoms with Crippen molar-refractivity contribution in [2.45, 2.75) is 6.54 Å². The average molecular weight is 316 g/mol. The van der Waals surface area contributed by atoms with Gasteiger partial charge < -0.3 is 5.11 Å². The Morgan fingerprint density at radius 3 is 2.74 bits per heavy atom. The molecular weight excluding hydrogens is 306 g/mol. The second kappa shape index (κ2) is 5.91. The molecule has 0 saturated carbocycles. The van der Waals surface area contributed by atoms with E-state index in [1.807, 2.05) is 0 Å². The van der Waals surface area contributed by atoms with E-state index in [9.17, 15) is 18.7 Å². The molecule has 8 heteroatoms. The number of carbonyl (C=O) groups is 1. The molecule has 0 unspecified atom stereocenters. The Balaban J connectivity index is 2.10. The third kappa shape index (κ3) is 2.91. The Morgan fingerprint density at radius 1 is 1.22 bits per heavy atom. The largest absolute Gasteiger partial charge is 0.476 e. The minimum absolute atomic E-state index is 0.0315. The summed E-state index contributed by atoms with van der Waals surface area (Å²) in [5.41, 5.74) is 0.179. The van der Waals surface area contributed by atoms with Gasteiger partial charge >= 0.3 is 5.97 Å². The Morgan fingerprint density at radius 2 is 2.04 bits per heavy atom. The number of rotatable bonds is 4. The smallest absolute Gasteiger partial charge is 0.358 e. The van der Waals surface area contributed by atoms with Crippen LogP contribution >= 0.6 is 0 Å². The van der Waals surface area contributed by atoms with Crippen LogP contribution in [0.15, 0.2) is 42.6 Å². The number of hydrogen-bond donors (Lipinski definition) is 1. The molecule has 2 aromatic heterocycles. The van der Waals surface area contributed by atoms with Gasteiger partial charge in [0.05, 0.1) is 12.2 Å². The summed E-state index contributed by atoms with van der Waals surface area (Å²) in [5.74, 6) is -2.50. The predicted octanol–water partition coefficient (Wildman–Crippen LogP) is 2.36. The Kier molecular flexibility index (Phi) is 3.80. The lowest BCUT2D eigenvalue weighted by Crippen LogP contribution is -2.08. The quantitative estimate of drug-likeness (QED) is 0.799. The molecule has 0 atom stereocenters. The van der Waals surface area contributed by atoms with E-state index < -0.39 is 17.6 Å². The van der Waals surface area contributed by atoms with Crippen molar-refractivity contribution in [2.24, 2.45) is 0 Å². The molecule has 1 aromatic carbocycles. The molecule has 0 bridgehead atoms. The van der Waals surface area contributed by atoms with Gasteiger partial charge in [-0.05, 0) is 30.3 Å². The van der Waals surface area contributed by atoms with Gasteiger partial charge in [-0.3, -0.25) is 4.98 Å². The lowest BCUT2D eigenvalue weighted by atomic mass is 10.2. The van der Waals surface area contributed by atoms with Crippen LogP contribution in [-0.2, 0) is 6.54 Å². The highest BCUT2D eigenvalue weighted by Crippen LogP contribution is 2.22. The van der Waals surface area contributed by atoms with Crippen LogP contribution in [0.2, 0.25) is 0 Å². The molecule has 0 saturated heterocycles. The summed E-state index contributed by atoms with van der Waals surface area (Å²) < 4.78 is 28.3. The number of nitrogens with zero attached hydrogens (tertiary/aromatic N) is 4. The van der Waals surface area contributed by atoms with Gasteiger partial charge in [0.25, 0.3) is 0 Å². The van der Waals surface area contributed by atoms with E-state index >= 15 is 0 Å². The summed E-state index contributed by atoms with van der Waals surface area (Å²) in [6, 6.07) is 7.96. The lowest BCUT2D eigenvalue weighted by Gasteiger charge is -2.08. The highest BCUT2D eigenvalue weighted by Gasteiger charge is 2.22. The summed E-state index contributed by atoms with van der Waals surface area (Å²) in [4.78, 5) is 15.4. The van der Waals surface area contributed by atoms with Crippen LogP contribution in [0.25, 0.3) is 11.4 Å². The predicted molar refractivity (Wildman–Crippen MR) is 75.7 cm³/mol. The summed E-state index contributed by atoms with van der Waals surface area (Å²) in [6.07, 6.45) is 1.49. The highest BCUT2D eigenvalue weighted by atomic mass is 19.1. The van der Waals surface area contributed by atoms with Crippen molar-refractivity contribution < 1.29 is 18.7 Å². The molecule has 116 valence electrons. The van der Waals surface area contributed by atoms with Crippen molar-refractivity contribution in [1.82, 2.24) is 20.0 Å². The van der Waals surface area contributed by atoms with Gasteiger partial charge in [-0.2, -0.15) is 0 Å². The summed E-state index contributed by atoms with van der Waals surface area (Å²) in [5, 5.41) is 16.6. The number of hydrogen-bond acceptors (Lipinski definition) is 4. The van der Waals surface area contributed by atoms with Gasteiger partial charge in [-0.25, -0.2) is 18.3 Å². The molecule has 0 aliphatic heterocycles. The second-order valence-electron chi connectivity index (χ2n) is 4.70. The van der Waals surface area contributed by atoms with Crippen LogP contribution in [0, 0.1) is 11.6 Å². The first-order valence-corrected chi connectivity index (χ1v) is 6.58. The van der Waals surface area contributed by atoms with Crippen LogP contribution in [0.5, 0.6) is 0 Å². The molecule has 6 nitrogen and oxygen atoms in total. The summed E-state index contributed by atoms with van der Waals surface area (Å²) >= 11 is 0. The fourth-order valence-electron chi connectivity index (χ4n) is 2.15. The van der Waals surface area contributed by atoms with Gasteiger partial charge in [0.2, 0.25) is 0 Å². The number of halogens is 2. The molecule has 0 radical (unpaired) electrons. The van der Waals surface area contributed by atoms with Crippen LogP contribution in [-0.4, -0.2) is 31.1 Å². The number of carboxylic acid groups (broad SMARTS) is 1. The first-order chi connectivity index (χ1) is 11.1. The van der Waals surface area contributed by atoms with Crippen molar-refractivity contribution >= 4 is 5.97 Å². The van der Waals surface area contributed by atoms with E-state index in [0.29, 0.717) is 5.69 Å². The van der Waals surface area contributed by atoms with Crippen molar-refractivity contribution in [3.05, 3.63) is 65.5 Å². The van der Waals surface area contributed by atoms with E-state index in [0.717, 1.165) is 18.2 Å². The van der Waals surface area contributed by atoms with E-state index in [4.69, 9.17) is 0 Å². The molecule has 2 heterocycles. The first kappa shape index (κ1) is 14.8. The summed E-state index contributed by atoms with van der Waals surface area (Å²) in [7, 11) is 0. The van der Waals surface area contributed by atoms with Crippen molar-refractivity contribution in [3.8, 4) is 11.4 Å². The van der Waals surface area contributed by atoms with Crippen LogP contribution < -0.4 is 0 Å². The van der Waals surface area contributed by atoms with Gasteiger partial charge in [0.15, 0.2) is 5.69 Å². The first-order valence-electron chi connectivity index (χ1n) is 6.58. The monoisotopic (exact) mass is 316 g/mol. The Labute approximate surface area is 129 Å². The molecule has 0 aliphatic rings. The van der Waals surface area contributed by atoms with E-state index in [2.05, 4.69) is 15.3 Å². The molecular formula is C15H10F2N4O2. The average Bonchev–Trinajstić information content (AvgIpc) is 2.95. The van der Waals surface area contributed by atoms with Crippen molar-refractivity contribution in [1.29, 1.82) is 0 Å². The molecule has 0 spiro atoms. The molecule has 0 fully saturated rings. The lowest BCUT2D eigenvalue weighted by molar-refractivity contribution is 0.0691. The Bertz CT molecular complexity index is 865. The molecule has 3 aromatic rings. The van der Waals surface area contributed by atoms with Crippen LogP contribution in [0.3, 0.4) is 0 Å². The molecule has 0 amide bonds. The standard InChI is InChI=1S/C15H10F2N4O2/c16-10-4-5-11(17)9(7-10)8-21-14(12-3-1-2-6-18-12)13(15(22)23)19-20-21/h1-7H,8H2,(H,22,23). The maximum absolute atomic E-state index is 13.8. The van der Waals surface area contributed by atoms with E-state index in [1.165, 1.54) is 10.9 Å². The molecule has 1 N–H and O–H groups in total. The van der Waals surface area contributed by atoms with Crippen LogP contribution in [0.4, 0.5) is 8.78 Å². The number of carboxylic acids is 1. The third-order valence-electron chi connectivity index (χ3n) is 3.17. The number of aromatic carboxylic acids is 1. The maximum Gasteiger partial charge on any atom is 0.358 e. The Hall–Kier alpha value is -3.16. The van der Waals surface area contributed by atoms with E-state index in [-0.39, 0.29) is 23.5 Å². The van der Waals surface area contributed by atoms with Crippen molar-refractivity contribution in [3.63, 3.8) is 0 Å². The SMILES string of the molecule is O=C(O)c1nnn(Cc2cc(F)ccc2F)c1-c1ccccn1. The van der Waals surface area contributed by atoms with Gasteiger partial charge in [0, 0.05) is 11.8 Å². The second-order valence-corrected chi connectivity index (χ2v) is 4.70. The zero-order valence-corrected chi connectivity index (χ0v) is 11.6. The number of benzene rings is 1. The fourth-order valence-corrected chi connectivity index (χ4v) is 2.15. The third-order valence-corrected chi connectivity index (χ3v) is 3.17. The maximum atomic E-state index is 13.8. The van der Waals surface area contributed by atoms with Crippen LogP contribution in [0.1, 0.15) is 16.1 Å². The fraction of sp³-hybridized carbons (Fsp3) is 0.0667. The zero-order chi connectivity index (χ0) is 16.4. The van der Waals surface area contributed by atoms with Gasteiger partial charge in [0.1, 0.15) is 17.3 Å². The molecule has 0 aliphatic carbocycles. The van der Waals surface area contributed by atoms with E-state index in [1.54, 1.807) is 18.2 Å². The highest BCUT2D eigenvalue weighted by molar-refractivity contribution is 5.92. The van der Waals surface area contributed by atoms with Gasteiger partial charge in [-0.1, -0.05) is 11.3 Å². The summed E-state index contributed by atoms with van der Waals surface area (Å²) in [6.45, 7) is -0.171. The number of aromatic nitrogens is 4. The normalized spacial score (nSPS) is 10.7.